The number of nitrogens with one attached hydrogen (secondary N) is 1. The Bertz CT molecular complexity index is 885. The number of aryl methyl sites for hydroxylation is 2. The molecule has 4 nitrogen and oxygen atoms in total. The van der Waals surface area contributed by atoms with E-state index in [1.165, 1.54) is 0 Å². The molecular weight excluding hydrogens is 326 g/mol. The highest BCUT2D eigenvalue weighted by molar-refractivity contribution is 6.02. The van der Waals surface area contributed by atoms with Gasteiger partial charge in [-0.15, -0.1) is 0 Å². The summed E-state index contributed by atoms with van der Waals surface area (Å²) >= 11 is 0. The Morgan fingerprint density at radius 3 is 2.54 bits per heavy atom. The molecule has 0 bridgehead atoms. The maximum atomic E-state index is 12.9. The molecule has 2 aromatic rings. The van der Waals surface area contributed by atoms with Gasteiger partial charge < -0.3 is 10.1 Å². The lowest BCUT2D eigenvalue weighted by molar-refractivity contribution is -0.134. The average Bonchev–Trinajstić information content (AvgIpc) is 2.56. The van der Waals surface area contributed by atoms with E-state index in [-0.39, 0.29) is 5.91 Å². The number of hydrogen-bond acceptors (Lipinski definition) is 3. The lowest BCUT2D eigenvalue weighted by atomic mass is 9.86. The summed E-state index contributed by atoms with van der Waals surface area (Å²) in [7, 11) is 0. The molecule has 1 atom stereocenters. The van der Waals surface area contributed by atoms with Crippen LogP contribution in [0.2, 0.25) is 0 Å². The van der Waals surface area contributed by atoms with E-state index in [0.717, 1.165) is 27.9 Å². The minimum Gasteiger partial charge on any atom is -0.445 e. The van der Waals surface area contributed by atoms with Gasteiger partial charge in [0, 0.05) is 12.1 Å². The van der Waals surface area contributed by atoms with E-state index in [9.17, 15) is 9.59 Å². The molecule has 0 aliphatic carbocycles. The van der Waals surface area contributed by atoms with Gasteiger partial charge in [-0.3, -0.25) is 4.79 Å². The van der Waals surface area contributed by atoms with Crippen LogP contribution in [0.25, 0.3) is 0 Å². The van der Waals surface area contributed by atoms with Gasteiger partial charge in [0.05, 0.1) is 5.56 Å². The molecule has 0 radical (unpaired) electrons. The number of ether oxygens (including phenoxy) is 1. The smallest absolute Gasteiger partial charge is 0.339 e. The Hall–Kier alpha value is -2.62. The third-order valence-corrected chi connectivity index (χ3v) is 4.97. The Morgan fingerprint density at radius 2 is 1.88 bits per heavy atom. The van der Waals surface area contributed by atoms with Crippen LogP contribution in [0, 0.1) is 13.8 Å². The zero-order chi connectivity index (χ0) is 19.1. The van der Waals surface area contributed by atoms with Gasteiger partial charge in [-0.2, -0.15) is 0 Å². The molecule has 0 aromatic heterocycles. The molecule has 3 rings (SSSR count). The van der Waals surface area contributed by atoms with Crippen molar-refractivity contribution in [3.63, 3.8) is 0 Å². The van der Waals surface area contributed by atoms with Crippen molar-refractivity contribution in [1.29, 1.82) is 0 Å². The first-order chi connectivity index (χ1) is 12.2. The van der Waals surface area contributed by atoms with Crippen molar-refractivity contribution < 1.29 is 14.3 Å². The minimum atomic E-state index is -1.23. The molecule has 136 valence electrons. The summed E-state index contributed by atoms with van der Waals surface area (Å²) in [6.45, 7) is 9.84. The topological polar surface area (TPSA) is 55.4 Å². The van der Waals surface area contributed by atoms with Crippen LogP contribution >= 0.6 is 0 Å². The van der Waals surface area contributed by atoms with Crippen molar-refractivity contribution in [3.05, 3.63) is 64.2 Å². The monoisotopic (exact) mass is 351 g/mol. The van der Waals surface area contributed by atoms with Crippen molar-refractivity contribution in [3.8, 4) is 0 Å². The number of rotatable bonds is 3. The van der Waals surface area contributed by atoms with Crippen LogP contribution in [0.5, 0.6) is 0 Å². The lowest BCUT2D eigenvalue weighted by Gasteiger charge is -2.33. The third kappa shape index (κ3) is 3.36. The van der Waals surface area contributed by atoms with E-state index in [1.54, 1.807) is 13.0 Å². The highest BCUT2D eigenvalue weighted by atomic mass is 16.6. The van der Waals surface area contributed by atoms with Gasteiger partial charge in [0.1, 0.15) is 0 Å². The summed E-state index contributed by atoms with van der Waals surface area (Å²) in [6, 6.07) is 11.6. The summed E-state index contributed by atoms with van der Waals surface area (Å²) < 4.78 is 5.55. The highest BCUT2D eigenvalue weighted by Crippen LogP contribution is 2.31. The molecule has 2 aromatic carbocycles. The maximum Gasteiger partial charge on any atom is 0.339 e. The van der Waals surface area contributed by atoms with E-state index in [4.69, 9.17) is 4.74 Å². The second-order valence-electron chi connectivity index (χ2n) is 7.64. The number of amides is 1. The molecular formula is C22H25NO3. The first-order valence-corrected chi connectivity index (χ1v) is 8.94. The fraction of sp³-hybridized carbons (Fsp3) is 0.364. The molecule has 1 unspecified atom stereocenters. The van der Waals surface area contributed by atoms with Crippen LogP contribution in [0.15, 0.2) is 36.4 Å². The van der Waals surface area contributed by atoms with Crippen molar-refractivity contribution in [2.24, 2.45) is 0 Å². The normalized spacial score (nSPS) is 19.1. The molecule has 1 amide bonds. The van der Waals surface area contributed by atoms with Gasteiger partial charge in [-0.1, -0.05) is 43.7 Å². The van der Waals surface area contributed by atoms with Gasteiger partial charge >= 0.3 is 5.97 Å². The van der Waals surface area contributed by atoms with Crippen LogP contribution in [-0.4, -0.2) is 17.5 Å². The van der Waals surface area contributed by atoms with Crippen LogP contribution in [0.3, 0.4) is 0 Å². The maximum absolute atomic E-state index is 12.9. The van der Waals surface area contributed by atoms with Crippen LogP contribution < -0.4 is 5.32 Å². The van der Waals surface area contributed by atoms with Crippen LogP contribution in [0.4, 0.5) is 5.69 Å². The fourth-order valence-electron chi connectivity index (χ4n) is 3.31. The standard InChI is InChI=1S/C22H25NO3/c1-13(2)16-7-8-18-17(11-16)12-22(5,26-20(18)24)21(25)23-19-9-6-14(3)10-15(19)4/h6-11,13H,12H2,1-5H3,(H,23,25). The molecule has 0 saturated heterocycles. The Kier molecular flexibility index (Phi) is 4.61. The van der Waals surface area contributed by atoms with Gasteiger partial charge in [0.15, 0.2) is 5.60 Å². The minimum absolute atomic E-state index is 0.307. The molecule has 1 aliphatic rings. The number of hydrogen-bond donors (Lipinski definition) is 1. The molecule has 1 N–H and O–H groups in total. The number of benzene rings is 2. The average molecular weight is 351 g/mol. The van der Waals surface area contributed by atoms with Gasteiger partial charge in [-0.05, 0) is 55.5 Å². The van der Waals surface area contributed by atoms with Gasteiger partial charge in [0.2, 0.25) is 0 Å². The predicted molar refractivity (Wildman–Crippen MR) is 103 cm³/mol. The number of fused-ring (bicyclic) bond motifs is 1. The van der Waals surface area contributed by atoms with E-state index in [2.05, 4.69) is 19.2 Å². The van der Waals surface area contributed by atoms with Crippen molar-refractivity contribution in [2.45, 2.75) is 52.6 Å². The highest BCUT2D eigenvalue weighted by Gasteiger charge is 2.43. The molecule has 1 aliphatic heterocycles. The summed E-state index contributed by atoms with van der Waals surface area (Å²) in [5.41, 5.74) is 4.18. The summed E-state index contributed by atoms with van der Waals surface area (Å²) in [5, 5.41) is 2.92. The Balaban J connectivity index is 1.89. The van der Waals surface area contributed by atoms with Gasteiger partial charge in [0.25, 0.3) is 5.91 Å². The zero-order valence-corrected chi connectivity index (χ0v) is 16.0. The second-order valence-corrected chi connectivity index (χ2v) is 7.64. The number of carbonyl (C=O) groups is 2. The summed E-state index contributed by atoms with van der Waals surface area (Å²) in [6.07, 6.45) is 0.366. The lowest BCUT2D eigenvalue weighted by Crippen LogP contribution is -2.49. The first kappa shape index (κ1) is 18.2. The van der Waals surface area contributed by atoms with Crippen molar-refractivity contribution in [2.75, 3.05) is 5.32 Å². The quantitative estimate of drug-likeness (QED) is 0.826. The SMILES string of the molecule is Cc1ccc(NC(=O)C2(C)Cc3cc(C(C)C)ccc3C(=O)O2)c(C)c1. The largest absolute Gasteiger partial charge is 0.445 e. The summed E-state index contributed by atoms with van der Waals surface area (Å²) in [5.74, 6) is -0.397. The van der Waals surface area contributed by atoms with Gasteiger partial charge in [-0.25, -0.2) is 4.79 Å². The van der Waals surface area contributed by atoms with Crippen molar-refractivity contribution >= 4 is 17.6 Å². The Labute approximate surface area is 154 Å². The fourth-order valence-corrected chi connectivity index (χ4v) is 3.31. The molecule has 1 heterocycles. The zero-order valence-electron chi connectivity index (χ0n) is 16.0. The van der Waals surface area contributed by atoms with Crippen LogP contribution in [-0.2, 0) is 16.0 Å². The molecule has 26 heavy (non-hydrogen) atoms. The molecule has 0 saturated carbocycles. The van der Waals surface area contributed by atoms with E-state index in [0.29, 0.717) is 17.9 Å². The number of cyclic esters (lactones) is 1. The first-order valence-electron chi connectivity index (χ1n) is 8.94. The Morgan fingerprint density at radius 1 is 1.15 bits per heavy atom. The molecule has 0 spiro atoms. The van der Waals surface area contributed by atoms with Crippen molar-refractivity contribution in [1.82, 2.24) is 0 Å². The number of esters is 1. The predicted octanol–water partition coefficient (Wildman–Crippen LogP) is 4.54. The number of anilines is 1. The van der Waals surface area contributed by atoms with E-state index >= 15 is 0 Å². The molecule has 0 fully saturated rings. The third-order valence-electron chi connectivity index (χ3n) is 4.97. The van der Waals surface area contributed by atoms with E-state index in [1.807, 2.05) is 44.2 Å². The summed E-state index contributed by atoms with van der Waals surface area (Å²) in [4.78, 5) is 25.4. The second kappa shape index (κ2) is 6.60. The van der Waals surface area contributed by atoms with E-state index < -0.39 is 11.6 Å². The number of carbonyl (C=O) groups excluding carboxylic acids is 2. The molecule has 4 heteroatoms. The van der Waals surface area contributed by atoms with Crippen LogP contribution in [0.1, 0.15) is 59.3 Å².